The maximum Gasteiger partial charge on any atom is 0.325 e. The number of methoxy groups -OCH3 is 1. The van der Waals surface area contributed by atoms with Crippen LogP contribution in [-0.2, 0) is 16.1 Å². The Morgan fingerprint density at radius 3 is 2.68 bits per heavy atom. The van der Waals surface area contributed by atoms with Gasteiger partial charge in [0.05, 0.1) is 7.11 Å². The lowest BCUT2D eigenvalue weighted by atomic mass is 9.88. The van der Waals surface area contributed by atoms with Crippen molar-refractivity contribution in [1.29, 1.82) is 0 Å². The second kappa shape index (κ2) is 5.72. The highest BCUT2D eigenvalue weighted by Gasteiger charge is 2.38. The Morgan fingerprint density at radius 1 is 1.42 bits per heavy atom. The van der Waals surface area contributed by atoms with E-state index in [2.05, 4.69) is 36.1 Å². The number of hydrogen-bond acceptors (Lipinski definition) is 4. The quantitative estimate of drug-likeness (QED) is 0.838. The summed E-state index contributed by atoms with van der Waals surface area (Å²) in [6.07, 6.45) is 1.32. The molecule has 1 aliphatic rings. The van der Waals surface area contributed by atoms with Crippen molar-refractivity contribution in [2.75, 3.05) is 20.2 Å². The SMILES string of the molecule is COC(=O)C1(N)CCN(Cc2cccc(C)c2)CC1. The zero-order valence-electron chi connectivity index (χ0n) is 11.7. The molecule has 1 heterocycles. The van der Waals surface area contributed by atoms with Crippen molar-refractivity contribution in [3.05, 3.63) is 35.4 Å². The molecule has 1 aromatic rings. The number of carbonyl (C=O) groups excluding carboxylic acids is 1. The number of esters is 1. The van der Waals surface area contributed by atoms with Crippen LogP contribution in [0, 0.1) is 6.92 Å². The Morgan fingerprint density at radius 2 is 2.11 bits per heavy atom. The smallest absolute Gasteiger partial charge is 0.325 e. The van der Waals surface area contributed by atoms with Gasteiger partial charge in [-0.05, 0) is 25.3 Å². The van der Waals surface area contributed by atoms with Crippen molar-refractivity contribution in [2.24, 2.45) is 5.73 Å². The van der Waals surface area contributed by atoms with Gasteiger partial charge in [-0.25, -0.2) is 0 Å². The van der Waals surface area contributed by atoms with Gasteiger partial charge in [0.15, 0.2) is 0 Å². The minimum atomic E-state index is -0.794. The summed E-state index contributed by atoms with van der Waals surface area (Å²) in [7, 11) is 1.40. The Kier molecular flexibility index (Phi) is 4.22. The number of nitrogens with zero attached hydrogens (tertiary/aromatic N) is 1. The number of likely N-dealkylation sites (tertiary alicyclic amines) is 1. The summed E-state index contributed by atoms with van der Waals surface area (Å²) < 4.78 is 4.78. The van der Waals surface area contributed by atoms with Gasteiger partial charge in [-0.1, -0.05) is 29.8 Å². The maximum absolute atomic E-state index is 11.6. The molecule has 0 amide bonds. The van der Waals surface area contributed by atoms with Crippen LogP contribution in [0.4, 0.5) is 0 Å². The van der Waals surface area contributed by atoms with Crippen LogP contribution in [-0.4, -0.2) is 36.6 Å². The van der Waals surface area contributed by atoms with Gasteiger partial charge in [0, 0.05) is 19.6 Å². The summed E-state index contributed by atoms with van der Waals surface area (Å²) in [4.78, 5) is 14.0. The summed E-state index contributed by atoms with van der Waals surface area (Å²) in [6, 6.07) is 8.51. The van der Waals surface area contributed by atoms with E-state index < -0.39 is 5.54 Å². The van der Waals surface area contributed by atoms with Crippen LogP contribution >= 0.6 is 0 Å². The molecule has 4 heteroatoms. The molecule has 0 unspecified atom stereocenters. The molecule has 104 valence electrons. The molecule has 0 aliphatic carbocycles. The normalized spacial score (nSPS) is 19.1. The fraction of sp³-hybridized carbons (Fsp3) is 0.533. The first-order valence-corrected chi connectivity index (χ1v) is 6.69. The second-order valence-corrected chi connectivity index (χ2v) is 5.41. The largest absolute Gasteiger partial charge is 0.468 e. The van der Waals surface area contributed by atoms with Gasteiger partial charge in [0.2, 0.25) is 0 Å². The van der Waals surface area contributed by atoms with Gasteiger partial charge in [0.1, 0.15) is 5.54 Å². The summed E-state index contributed by atoms with van der Waals surface area (Å²) in [5.74, 6) is -0.289. The van der Waals surface area contributed by atoms with E-state index in [1.165, 1.54) is 18.2 Å². The Labute approximate surface area is 114 Å². The van der Waals surface area contributed by atoms with Gasteiger partial charge >= 0.3 is 5.97 Å². The third-order valence-electron chi connectivity index (χ3n) is 3.83. The van der Waals surface area contributed by atoms with Crippen molar-refractivity contribution in [1.82, 2.24) is 4.90 Å². The molecule has 1 aromatic carbocycles. The molecule has 0 spiro atoms. The lowest BCUT2D eigenvalue weighted by molar-refractivity contribution is -0.149. The molecule has 0 atom stereocenters. The van der Waals surface area contributed by atoms with E-state index in [4.69, 9.17) is 10.5 Å². The average molecular weight is 262 g/mol. The monoisotopic (exact) mass is 262 g/mol. The van der Waals surface area contributed by atoms with Crippen LogP contribution in [0.15, 0.2) is 24.3 Å². The number of benzene rings is 1. The van der Waals surface area contributed by atoms with E-state index in [1.54, 1.807) is 0 Å². The highest BCUT2D eigenvalue weighted by molar-refractivity contribution is 5.80. The first kappa shape index (κ1) is 14.0. The lowest BCUT2D eigenvalue weighted by Crippen LogP contribution is -2.55. The highest BCUT2D eigenvalue weighted by atomic mass is 16.5. The van der Waals surface area contributed by atoms with Crippen molar-refractivity contribution >= 4 is 5.97 Å². The number of rotatable bonds is 3. The number of hydrogen-bond donors (Lipinski definition) is 1. The molecule has 2 rings (SSSR count). The molecular weight excluding hydrogens is 240 g/mol. The molecule has 0 bridgehead atoms. The Hall–Kier alpha value is -1.39. The summed E-state index contributed by atoms with van der Waals surface area (Å²) in [6.45, 7) is 4.68. The predicted octanol–water partition coefficient (Wildman–Crippen LogP) is 1.46. The van der Waals surface area contributed by atoms with Gasteiger partial charge in [-0.3, -0.25) is 9.69 Å². The first-order valence-electron chi connectivity index (χ1n) is 6.69. The second-order valence-electron chi connectivity index (χ2n) is 5.41. The highest BCUT2D eigenvalue weighted by Crippen LogP contribution is 2.22. The van der Waals surface area contributed by atoms with Crippen LogP contribution < -0.4 is 5.73 Å². The number of piperidine rings is 1. The number of aryl methyl sites for hydroxylation is 1. The van der Waals surface area contributed by atoms with Crippen LogP contribution in [0.3, 0.4) is 0 Å². The predicted molar refractivity (Wildman–Crippen MR) is 74.6 cm³/mol. The number of carbonyl (C=O) groups is 1. The van der Waals surface area contributed by atoms with Crippen LogP contribution in [0.1, 0.15) is 24.0 Å². The minimum absolute atomic E-state index is 0.289. The lowest BCUT2D eigenvalue weighted by Gasteiger charge is -2.37. The van der Waals surface area contributed by atoms with Crippen LogP contribution in [0.5, 0.6) is 0 Å². The van der Waals surface area contributed by atoms with Crippen molar-refractivity contribution in [3.63, 3.8) is 0 Å². The van der Waals surface area contributed by atoms with E-state index >= 15 is 0 Å². The summed E-state index contributed by atoms with van der Waals surface area (Å²) in [5.41, 5.74) is 7.88. The van der Waals surface area contributed by atoms with Crippen molar-refractivity contribution in [3.8, 4) is 0 Å². The first-order chi connectivity index (χ1) is 9.03. The average Bonchev–Trinajstić information content (AvgIpc) is 2.41. The van der Waals surface area contributed by atoms with Crippen LogP contribution in [0.25, 0.3) is 0 Å². The Bertz CT molecular complexity index is 451. The molecular formula is C15H22N2O2. The van der Waals surface area contributed by atoms with Crippen molar-refractivity contribution < 1.29 is 9.53 Å². The van der Waals surface area contributed by atoms with Gasteiger partial charge < -0.3 is 10.5 Å². The number of nitrogens with two attached hydrogens (primary N) is 1. The molecule has 1 fully saturated rings. The molecule has 4 nitrogen and oxygen atoms in total. The van der Waals surface area contributed by atoms with Gasteiger partial charge in [-0.2, -0.15) is 0 Å². The fourth-order valence-corrected chi connectivity index (χ4v) is 2.59. The molecule has 0 aromatic heterocycles. The molecule has 0 radical (unpaired) electrons. The van der Waals surface area contributed by atoms with Gasteiger partial charge in [0.25, 0.3) is 0 Å². The van der Waals surface area contributed by atoms with E-state index in [0.29, 0.717) is 12.8 Å². The van der Waals surface area contributed by atoms with E-state index in [1.807, 2.05) is 0 Å². The van der Waals surface area contributed by atoms with E-state index in [9.17, 15) is 4.79 Å². The zero-order valence-corrected chi connectivity index (χ0v) is 11.7. The zero-order chi connectivity index (χ0) is 13.9. The standard InChI is InChI=1S/C15H22N2O2/c1-12-4-3-5-13(10-12)11-17-8-6-15(16,7-9-17)14(18)19-2/h3-5,10H,6-9,11,16H2,1-2H3. The fourth-order valence-electron chi connectivity index (χ4n) is 2.59. The number of ether oxygens (including phenoxy) is 1. The molecule has 1 aliphatic heterocycles. The topological polar surface area (TPSA) is 55.6 Å². The molecule has 19 heavy (non-hydrogen) atoms. The molecule has 0 saturated carbocycles. The molecule has 2 N–H and O–H groups in total. The molecule has 1 saturated heterocycles. The van der Waals surface area contributed by atoms with Crippen LogP contribution in [0.2, 0.25) is 0 Å². The van der Waals surface area contributed by atoms with E-state index in [-0.39, 0.29) is 5.97 Å². The Balaban J connectivity index is 1.92. The van der Waals surface area contributed by atoms with Crippen molar-refractivity contribution in [2.45, 2.75) is 31.8 Å². The summed E-state index contributed by atoms with van der Waals surface area (Å²) >= 11 is 0. The third-order valence-corrected chi connectivity index (χ3v) is 3.83. The minimum Gasteiger partial charge on any atom is -0.468 e. The van der Waals surface area contributed by atoms with E-state index in [0.717, 1.165) is 19.6 Å². The summed E-state index contributed by atoms with van der Waals surface area (Å²) in [5, 5.41) is 0. The third kappa shape index (κ3) is 3.33. The maximum atomic E-state index is 11.6. The van der Waals surface area contributed by atoms with Gasteiger partial charge in [-0.15, -0.1) is 0 Å².